The molecule has 2 amide bonds. The zero-order valence-corrected chi connectivity index (χ0v) is 25.2. The van der Waals surface area contributed by atoms with Crippen LogP contribution in [0.15, 0.2) is 66.7 Å². The van der Waals surface area contributed by atoms with Crippen LogP contribution in [0.3, 0.4) is 0 Å². The van der Waals surface area contributed by atoms with Gasteiger partial charge in [0, 0.05) is 12.5 Å². The third-order valence-electron chi connectivity index (χ3n) is 6.07. The second-order valence-electron chi connectivity index (χ2n) is 9.58. The fourth-order valence-electron chi connectivity index (χ4n) is 3.91. The average Bonchev–Trinajstić information content (AvgIpc) is 2.93. The van der Waals surface area contributed by atoms with Crippen molar-refractivity contribution in [3.63, 3.8) is 0 Å². The Balaban J connectivity index is 1.95. The summed E-state index contributed by atoms with van der Waals surface area (Å²) in [4.78, 5) is 39.1. The van der Waals surface area contributed by atoms with Gasteiger partial charge in [0.05, 0.1) is 26.1 Å². The van der Waals surface area contributed by atoms with Gasteiger partial charge in [-0.25, -0.2) is 0 Å². The number of Topliss-reactive ketones (excluding diaryl/α,β-unsaturated/α-hetero) is 1. The van der Waals surface area contributed by atoms with Gasteiger partial charge in [-0.1, -0.05) is 96.6 Å². The summed E-state index contributed by atoms with van der Waals surface area (Å²) in [6, 6.07) is 13.6. The number of carbonyl (C=O) groups excluding carboxylic acids is 3. The molecule has 3 rings (SSSR count). The maximum Gasteiger partial charge on any atom is 0.452 e. The Morgan fingerprint density at radius 2 is 1.38 bits per heavy atom. The number of ether oxygens (including phenoxy) is 1. The van der Waals surface area contributed by atoms with Crippen LogP contribution in [-0.2, 0) is 20.8 Å². The summed E-state index contributed by atoms with van der Waals surface area (Å²) in [6.07, 6.45) is -6.50. The van der Waals surface area contributed by atoms with Gasteiger partial charge in [0.15, 0.2) is 6.10 Å². The van der Waals surface area contributed by atoms with Crippen LogP contribution in [-0.4, -0.2) is 35.9 Å². The van der Waals surface area contributed by atoms with Crippen LogP contribution in [0.5, 0.6) is 5.75 Å². The molecule has 0 fully saturated rings. The highest BCUT2D eigenvalue weighted by atomic mass is 35.5. The first-order chi connectivity index (χ1) is 19.7. The normalized spacial score (nSPS) is 13.7. The molecule has 1 unspecified atom stereocenters. The highest BCUT2D eigenvalue weighted by Crippen LogP contribution is 2.29. The molecule has 3 aromatic rings. The van der Waals surface area contributed by atoms with Crippen molar-refractivity contribution in [1.82, 2.24) is 10.6 Å². The molecular formula is C29H25Cl4F3N2O4. The molecule has 0 radical (unpaired) electrons. The summed E-state index contributed by atoms with van der Waals surface area (Å²) in [5.74, 6) is -4.63. The summed E-state index contributed by atoms with van der Waals surface area (Å²) in [5.41, 5.74) is 0.814. The van der Waals surface area contributed by atoms with Crippen molar-refractivity contribution in [1.29, 1.82) is 0 Å². The van der Waals surface area contributed by atoms with Gasteiger partial charge in [-0.2, -0.15) is 13.2 Å². The number of halogens is 7. The number of amides is 2. The fourth-order valence-corrected chi connectivity index (χ4v) is 4.52. The zero-order valence-electron chi connectivity index (χ0n) is 22.1. The molecule has 0 aliphatic carbocycles. The van der Waals surface area contributed by atoms with Crippen LogP contribution in [0, 0.1) is 5.92 Å². The standard InChI is InChI=1S/C29H25Cl4F3N2O4/c1-15(2)24(26(39)29(34,35)36)37-28(41)25(17-6-4-3-5-7-17)38-27(40)23(13-16-8-10-19(30)21(32)12-16)42-18-9-11-20(31)22(33)14-18/h3-12,14-15,23-25H,13H2,1-2H3,(H,37,41)(H,38,40)/t23?,24-,25-/m0/s1. The lowest BCUT2D eigenvalue weighted by Gasteiger charge is -2.27. The number of hydrogen-bond acceptors (Lipinski definition) is 4. The highest BCUT2D eigenvalue weighted by Gasteiger charge is 2.45. The Labute approximate surface area is 260 Å². The quantitative estimate of drug-likeness (QED) is 0.224. The van der Waals surface area contributed by atoms with Gasteiger partial charge in [-0.05, 0) is 41.3 Å². The molecule has 13 heteroatoms. The lowest BCUT2D eigenvalue weighted by molar-refractivity contribution is -0.175. The van der Waals surface area contributed by atoms with E-state index >= 15 is 0 Å². The van der Waals surface area contributed by atoms with Crippen molar-refractivity contribution in [2.24, 2.45) is 5.92 Å². The minimum absolute atomic E-state index is 0.0483. The summed E-state index contributed by atoms with van der Waals surface area (Å²) in [7, 11) is 0. The number of benzene rings is 3. The monoisotopic (exact) mass is 662 g/mol. The molecule has 0 aliphatic rings. The fraction of sp³-hybridized carbons (Fsp3) is 0.276. The van der Waals surface area contributed by atoms with Gasteiger partial charge < -0.3 is 15.4 Å². The highest BCUT2D eigenvalue weighted by molar-refractivity contribution is 6.42. The third kappa shape index (κ3) is 9.01. The Hall–Kier alpha value is -2.98. The first-order valence-corrected chi connectivity index (χ1v) is 14.0. The summed E-state index contributed by atoms with van der Waals surface area (Å²) < 4.78 is 45.7. The van der Waals surface area contributed by atoms with Crippen molar-refractivity contribution in [2.45, 2.75) is 44.6 Å². The first kappa shape index (κ1) is 33.5. The Kier molecular flexibility index (Phi) is 11.5. The molecular weight excluding hydrogens is 639 g/mol. The van der Waals surface area contributed by atoms with E-state index in [9.17, 15) is 27.6 Å². The molecule has 0 heterocycles. The topological polar surface area (TPSA) is 84.5 Å². The van der Waals surface area contributed by atoms with Crippen molar-refractivity contribution in [3.05, 3.63) is 97.9 Å². The maximum atomic E-state index is 13.7. The lowest BCUT2D eigenvalue weighted by atomic mass is 9.97. The third-order valence-corrected chi connectivity index (χ3v) is 7.55. The molecule has 3 aromatic carbocycles. The predicted octanol–water partition coefficient (Wildman–Crippen LogP) is 7.42. The van der Waals surface area contributed by atoms with E-state index in [0.717, 1.165) is 0 Å². The minimum Gasteiger partial charge on any atom is -0.480 e. The van der Waals surface area contributed by atoms with Crippen LogP contribution in [0.2, 0.25) is 20.1 Å². The number of hydrogen-bond donors (Lipinski definition) is 2. The van der Waals surface area contributed by atoms with E-state index in [2.05, 4.69) is 10.6 Å². The van der Waals surface area contributed by atoms with E-state index in [-0.39, 0.29) is 32.8 Å². The number of ketones is 1. The summed E-state index contributed by atoms with van der Waals surface area (Å²) in [5, 5.41) is 5.67. The molecule has 2 N–H and O–H groups in total. The van der Waals surface area contributed by atoms with Crippen LogP contribution < -0.4 is 15.4 Å². The largest absolute Gasteiger partial charge is 0.480 e. The van der Waals surface area contributed by atoms with E-state index in [0.29, 0.717) is 10.6 Å². The van der Waals surface area contributed by atoms with Gasteiger partial charge in [-0.15, -0.1) is 0 Å². The maximum absolute atomic E-state index is 13.7. The molecule has 0 saturated heterocycles. The van der Waals surface area contributed by atoms with E-state index in [1.807, 2.05) is 0 Å². The van der Waals surface area contributed by atoms with Gasteiger partial charge in [0.2, 0.25) is 5.91 Å². The average molecular weight is 664 g/mol. The van der Waals surface area contributed by atoms with Gasteiger partial charge in [0.25, 0.3) is 11.7 Å². The zero-order chi connectivity index (χ0) is 31.2. The van der Waals surface area contributed by atoms with E-state index in [1.165, 1.54) is 50.2 Å². The number of rotatable bonds is 11. The molecule has 0 saturated carbocycles. The van der Waals surface area contributed by atoms with Crippen LogP contribution in [0.4, 0.5) is 13.2 Å². The van der Waals surface area contributed by atoms with Gasteiger partial charge in [0.1, 0.15) is 11.8 Å². The Morgan fingerprint density at radius 1 is 0.786 bits per heavy atom. The van der Waals surface area contributed by atoms with E-state index in [1.54, 1.807) is 30.3 Å². The van der Waals surface area contributed by atoms with Crippen LogP contribution >= 0.6 is 46.4 Å². The van der Waals surface area contributed by atoms with Crippen molar-refractivity contribution in [2.75, 3.05) is 0 Å². The van der Waals surface area contributed by atoms with Crippen LogP contribution in [0.25, 0.3) is 0 Å². The number of nitrogens with one attached hydrogen (secondary N) is 2. The minimum atomic E-state index is -5.17. The van der Waals surface area contributed by atoms with E-state index < -0.39 is 47.9 Å². The molecule has 3 atom stereocenters. The van der Waals surface area contributed by atoms with Gasteiger partial charge >= 0.3 is 6.18 Å². The number of alkyl halides is 3. The molecule has 0 aliphatic heterocycles. The molecule has 6 nitrogen and oxygen atoms in total. The van der Waals surface area contributed by atoms with Crippen molar-refractivity contribution in [3.8, 4) is 5.75 Å². The van der Waals surface area contributed by atoms with Gasteiger partial charge in [-0.3, -0.25) is 14.4 Å². The molecule has 0 spiro atoms. The van der Waals surface area contributed by atoms with Crippen molar-refractivity contribution < 1.29 is 32.3 Å². The number of carbonyl (C=O) groups is 3. The van der Waals surface area contributed by atoms with E-state index in [4.69, 9.17) is 51.1 Å². The molecule has 42 heavy (non-hydrogen) atoms. The Bertz CT molecular complexity index is 1380. The first-order valence-electron chi connectivity index (χ1n) is 12.5. The SMILES string of the molecule is CC(C)[C@H](NC(=O)[C@@H](NC(=O)C(Cc1ccc(Cl)c(Cl)c1)Oc1ccc(Cl)c(Cl)c1)c1ccccc1)C(=O)C(F)(F)F. The summed E-state index contributed by atoms with van der Waals surface area (Å²) >= 11 is 24.3. The second kappa shape index (κ2) is 14.5. The molecule has 0 aromatic heterocycles. The Morgan fingerprint density at radius 3 is 1.93 bits per heavy atom. The lowest BCUT2D eigenvalue weighted by Crippen LogP contribution is -2.53. The second-order valence-corrected chi connectivity index (χ2v) is 11.2. The van der Waals surface area contributed by atoms with Crippen LogP contribution in [0.1, 0.15) is 31.0 Å². The summed E-state index contributed by atoms with van der Waals surface area (Å²) in [6.45, 7) is 2.73. The molecule has 0 bridgehead atoms. The smallest absolute Gasteiger partial charge is 0.452 e. The molecule has 224 valence electrons. The predicted molar refractivity (Wildman–Crippen MR) is 156 cm³/mol. The van der Waals surface area contributed by atoms with Crippen molar-refractivity contribution >= 4 is 64.0 Å².